The molecule has 0 unspecified atom stereocenters. The Labute approximate surface area is 121 Å². The standard InChI is InChI=1S/C17H24N2O/c1-5-17(3,4)18-11-12-20-15-8-6-7-14-10-9-13(2)19-16(14)15/h6-10,18H,5,11-12H2,1-4H3. The summed E-state index contributed by atoms with van der Waals surface area (Å²) in [4.78, 5) is 4.57. The number of hydrogen-bond acceptors (Lipinski definition) is 3. The van der Waals surface area contributed by atoms with E-state index in [2.05, 4.69) is 43.2 Å². The van der Waals surface area contributed by atoms with Gasteiger partial charge in [-0.1, -0.05) is 25.1 Å². The van der Waals surface area contributed by atoms with Crippen LogP contribution in [0.1, 0.15) is 32.9 Å². The lowest BCUT2D eigenvalue weighted by Crippen LogP contribution is -2.40. The first-order chi connectivity index (χ1) is 9.52. The van der Waals surface area contributed by atoms with Crippen molar-refractivity contribution in [2.75, 3.05) is 13.2 Å². The van der Waals surface area contributed by atoms with Crippen LogP contribution in [0.15, 0.2) is 30.3 Å². The third kappa shape index (κ3) is 3.70. The van der Waals surface area contributed by atoms with Crippen LogP contribution in [0.25, 0.3) is 10.9 Å². The van der Waals surface area contributed by atoms with Crippen LogP contribution >= 0.6 is 0 Å². The molecule has 2 rings (SSSR count). The minimum Gasteiger partial charge on any atom is -0.490 e. The first kappa shape index (κ1) is 14.8. The lowest BCUT2D eigenvalue weighted by Gasteiger charge is -2.24. The van der Waals surface area contributed by atoms with E-state index in [1.165, 1.54) is 0 Å². The van der Waals surface area contributed by atoms with Crippen LogP contribution in [0, 0.1) is 6.92 Å². The number of benzene rings is 1. The molecule has 0 aliphatic carbocycles. The highest BCUT2D eigenvalue weighted by atomic mass is 16.5. The molecular formula is C17H24N2O. The van der Waals surface area contributed by atoms with Crippen molar-refractivity contribution in [1.82, 2.24) is 10.3 Å². The molecule has 0 aliphatic heterocycles. The Kier molecular flexibility index (Phi) is 4.61. The lowest BCUT2D eigenvalue weighted by molar-refractivity contribution is 0.283. The van der Waals surface area contributed by atoms with Gasteiger partial charge in [-0.05, 0) is 39.3 Å². The summed E-state index contributed by atoms with van der Waals surface area (Å²) in [6.45, 7) is 10.1. The summed E-state index contributed by atoms with van der Waals surface area (Å²) in [7, 11) is 0. The summed E-state index contributed by atoms with van der Waals surface area (Å²) >= 11 is 0. The van der Waals surface area contributed by atoms with Crippen molar-refractivity contribution >= 4 is 10.9 Å². The van der Waals surface area contributed by atoms with Crippen LogP contribution in [0.4, 0.5) is 0 Å². The van der Waals surface area contributed by atoms with Gasteiger partial charge in [0.1, 0.15) is 17.9 Å². The maximum atomic E-state index is 5.89. The summed E-state index contributed by atoms with van der Waals surface area (Å²) in [6.07, 6.45) is 1.10. The van der Waals surface area contributed by atoms with Gasteiger partial charge in [0.2, 0.25) is 0 Å². The van der Waals surface area contributed by atoms with E-state index >= 15 is 0 Å². The number of para-hydroxylation sites is 1. The van der Waals surface area contributed by atoms with Gasteiger partial charge in [0.05, 0.1) is 0 Å². The number of aromatic nitrogens is 1. The van der Waals surface area contributed by atoms with Crippen molar-refractivity contribution < 1.29 is 4.74 Å². The molecule has 0 aliphatic rings. The monoisotopic (exact) mass is 272 g/mol. The Balaban J connectivity index is 2.01. The van der Waals surface area contributed by atoms with Gasteiger partial charge in [-0.3, -0.25) is 0 Å². The van der Waals surface area contributed by atoms with Gasteiger partial charge in [-0.15, -0.1) is 0 Å². The summed E-state index contributed by atoms with van der Waals surface area (Å²) in [5.41, 5.74) is 2.12. The molecule has 1 N–H and O–H groups in total. The number of fused-ring (bicyclic) bond motifs is 1. The maximum Gasteiger partial charge on any atom is 0.145 e. The molecule has 0 radical (unpaired) electrons. The summed E-state index contributed by atoms with van der Waals surface area (Å²) in [5, 5.41) is 4.61. The molecule has 3 nitrogen and oxygen atoms in total. The third-order valence-corrected chi connectivity index (χ3v) is 3.67. The molecule has 0 saturated heterocycles. The van der Waals surface area contributed by atoms with Crippen molar-refractivity contribution in [2.45, 2.75) is 39.7 Å². The molecule has 0 atom stereocenters. The molecule has 1 aromatic carbocycles. The van der Waals surface area contributed by atoms with E-state index in [-0.39, 0.29) is 5.54 Å². The van der Waals surface area contributed by atoms with Crippen LogP contribution in [0.3, 0.4) is 0 Å². The van der Waals surface area contributed by atoms with E-state index in [0.29, 0.717) is 6.61 Å². The summed E-state index contributed by atoms with van der Waals surface area (Å²) in [5.74, 6) is 0.863. The van der Waals surface area contributed by atoms with Gasteiger partial charge in [-0.2, -0.15) is 0 Å². The topological polar surface area (TPSA) is 34.1 Å². The van der Waals surface area contributed by atoms with E-state index in [0.717, 1.165) is 35.3 Å². The minimum atomic E-state index is 0.164. The highest BCUT2D eigenvalue weighted by Gasteiger charge is 2.13. The van der Waals surface area contributed by atoms with Crippen LogP contribution in [0.2, 0.25) is 0 Å². The second-order valence-corrected chi connectivity index (χ2v) is 5.79. The zero-order valence-corrected chi connectivity index (χ0v) is 12.9. The predicted molar refractivity (Wildman–Crippen MR) is 84.3 cm³/mol. The van der Waals surface area contributed by atoms with Crippen molar-refractivity contribution in [3.05, 3.63) is 36.0 Å². The van der Waals surface area contributed by atoms with E-state index in [1.54, 1.807) is 0 Å². The molecule has 108 valence electrons. The zero-order valence-electron chi connectivity index (χ0n) is 12.9. The average molecular weight is 272 g/mol. The van der Waals surface area contributed by atoms with Gasteiger partial charge in [0.15, 0.2) is 0 Å². The SMILES string of the molecule is CCC(C)(C)NCCOc1cccc2ccc(C)nc12. The highest BCUT2D eigenvalue weighted by molar-refractivity contribution is 5.84. The van der Waals surface area contributed by atoms with Crippen molar-refractivity contribution in [2.24, 2.45) is 0 Å². The number of hydrogen-bond donors (Lipinski definition) is 1. The number of ether oxygens (including phenoxy) is 1. The minimum absolute atomic E-state index is 0.164. The first-order valence-corrected chi connectivity index (χ1v) is 7.26. The zero-order chi connectivity index (χ0) is 14.6. The Morgan fingerprint density at radius 2 is 2.00 bits per heavy atom. The third-order valence-electron chi connectivity index (χ3n) is 3.67. The molecule has 2 aromatic rings. The largest absolute Gasteiger partial charge is 0.490 e. The Morgan fingerprint density at radius 1 is 1.20 bits per heavy atom. The molecular weight excluding hydrogens is 248 g/mol. The number of aryl methyl sites for hydroxylation is 1. The smallest absolute Gasteiger partial charge is 0.145 e. The quantitative estimate of drug-likeness (QED) is 0.814. The number of nitrogens with one attached hydrogen (secondary N) is 1. The van der Waals surface area contributed by atoms with Crippen molar-refractivity contribution in [3.63, 3.8) is 0 Å². The molecule has 0 spiro atoms. The van der Waals surface area contributed by atoms with Crippen molar-refractivity contribution in [1.29, 1.82) is 0 Å². The first-order valence-electron chi connectivity index (χ1n) is 7.26. The molecule has 1 aromatic heterocycles. The maximum absolute atomic E-state index is 5.89. The Bertz CT molecular complexity index is 578. The van der Waals surface area contributed by atoms with Crippen LogP contribution < -0.4 is 10.1 Å². The molecule has 0 fully saturated rings. The average Bonchev–Trinajstić information content (AvgIpc) is 2.44. The van der Waals surface area contributed by atoms with E-state index in [1.807, 2.05) is 25.1 Å². The molecule has 0 amide bonds. The van der Waals surface area contributed by atoms with Crippen molar-refractivity contribution in [3.8, 4) is 5.75 Å². The van der Waals surface area contributed by atoms with Gasteiger partial charge in [0.25, 0.3) is 0 Å². The Hall–Kier alpha value is -1.61. The van der Waals surface area contributed by atoms with Gasteiger partial charge in [-0.25, -0.2) is 4.98 Å². The number of rotatable bonds is 6. The normalized spacial score (nSPS) is 11.8. The fourth-order valence-corrected chi connectivity index (χ4v) is 2.01. The molecule has 20 heavy (non-hydrogen) atoms. The van der Waals surface area contributed by atoms with Crippen LogP contribution in [-0.4, -0.2) is 23.7 Å². The second-order valence-electron chi connectivity index (χ2n) is 5.79. The van der Waals surface area contributed by atoms with Crippen LogP contribution in [0.5, 0.6) is 5.75 Å². The van der Waals surface area contributed by atoms with Gasteiger partial charge in [0, 0.05) is 23.2 Å². The molecule has 3 heteroatoms. The number of nitrogens with zero attached hydrogens (tertiary/aromatic N) is 1. The Morgan fingerprint density at radius 3 is 2.75 bits per heavy atom. The van der Waals surface area contributed by atoms with Gasteiger partial charge < -0.3 is 10.1 Å². The second kappa shape index (κ2) is 6.23. The van der Waals surface area contributed by atoms with E-state index in [9.17, 15) is 0 Å². The fourth-order valence-electron chi connectivity index (χ4n) is 2.01. The fraction of sp³-hybridized carbons (Fsp3) is 0.471. The van der Waals surface area contributed by atoms with E-state index in [4.69, 9.17) is 4.74 Å². The highest BCUT2D eigenvalue weighted by Crippen LogP contribution is 2.23. The summed E-state index contributed by atoms with van der Waals surface area (Å²) < 4.78 is 5.89. The summed E-state index contributed by atoms with van der Waals surface area (Å²) in [6, 6.07) is 10.2. The molecule has 1 heterocycles. The van der Waals surface area contributed by atoms with E-state index < -0.39 is 0 Å². The van der Waals surface area contributed by atoms with Crippen LogP contribution in [-0.2, 0) is 0 Å². The lowest BCUT2D eigenvalue weighted by atomic mass is 10.0. The number of pyridine rings is 1. The predicted octanol–water partition coefficient (Wildman–Crippen LogP) is 3.70. The molecule has 0 saturated carbocycles. The van der Waals surface area contributed by atoms with Gasteiger partial charge >= 0.3 is 0 Å². The molecule has 0 bridgehead atoms.